The predicted octanol–water partition coefficient (Wildman–Crippen LogP) is 0.820. The van der Waals surface area contributed by atoms with Gasteiger partial charge in [-0.3, -0.25) is 9.59 Å². The first kappa shape index (κ1) is 22.9. The van der Waals surface area contributed by atoms with Gasteiger partial charge in [-0.25, -0.2) is 8.42 Å². The molecule has 174 valence electrons. The lowest BCUT2D eigenvalue weighted by Gasteiger charge is -2.34. The Morgan fingerprint density at radius 1 is 1.00 bits per heavy atom. The van der Waals surface area contributed by atoms with E-state index in [1.165, 1.54) is 16.4 Å². The Morgan fingerprint density at radius 3 is 2.31 bits per heavy atom. The van der Waals surface area contributed by atoms with Gasteiger partial charge >= 0.3 is 0 Å². The molecule has 0 atom stereocenters. The van der Waals surface area contributed by atoms with Gasteiger partial charge in [-0.05, 0) is 31.7 Å². The first-order valence-corrected chi connectivity index (χ1v) is 12.6. The molecule has 0 bridgehead atoms. The van der Waals surface area contributed by atoms with Crippen molar-refractivity contribution in [1.29, 1.82) is 0 Å². The molecule has 32 heavy (non-hydrogen) atoms. The highest BCUT2D eigenvalue weighted by atomic mass is 32.2. The number of ether oxygens (including phenoxy) is 1. The van der Waals surface area contributed by atoms with Crippen LogP contribution in [0.15, 0.2) is 34.1 Å². The van der Waals surface area contributed by atoms with Gasteiger partial charge in [0.05, 0.1) is 23.6 Å². The average Bonchev–Trinajstić information content (AvgIpc) is 2.84. The molecule has 1 amide bonds. The van der Waals surface area contributed by atoms with E-state index in [1.54, 1.807) is 17.2 Å². The maximum absolute atomic E-state index is 13.4. The summed E-state index contributed by atoms with van der Waals surface area (Å²) in [5.74, 6) is -0.295. The van der Waals surface area contributed by atoms with Crippen molar-refractivity contribution >= 4 is 26.8 Å². The van der Waals surface area contributed by atoms with E-state index >= 15 is 0 Å². The van der Waals surface area contributed by atoms with Gasteiger partial charge in [-0.2, -0.15) is 4.31 Å². The van der Waals surface area contributed by atoms with E-state index in [0.29, 0.717) is 38.4 Å². The van der Waals surface area contributed by atoms with Gasteiger partial charge in [0.25, 0.3) is 5.91 Å². The Morgan fingerprint density at radius 2 is 1.69 bits per heavy atom. The topological polar surface area (TPSA) is 92.2 Å². The number of piperazine rings is 1. The fourth-order valence-electron chi connectivity index (χ4n) is 4.32. The lowest BCUT2D eigenvalue weighted by atomic mass is 10.1. The standard InChI is InChI=1S/C22H30N4O5S/c1-3-23-7-9-25(10-8-23)22(28)19-16-24(4-2)20-6-5-17(15-18(20)21(19)27)32(29,30)26-11-13-31-14-12-26/h5-6,15-16H,3-4,7-14H2,1-2H3. The number of rotatable bonds is 5. The highest BCUT2D eigenvalue weighted by molar-refractivity contribution is 7.89. The second kappa shape index (κ2) is 9.30. The molecule has 1 aromatic carbocycles. The van der Waals surface area contributed by atoms with Crippen molar-refractivity contribution in [3.05, 3.63) is 40.2 Å². The van der Waals surface area contributed by atoms with E-state index in [4.69, 9.17) is 4.74 Å². The van der Waals surface area contributed by atoms with Crippen LogP contribution in [0.1, 0.15) is 24.2 Å². The lowest BCUT2D eigenvalue weighted by Crippen LogP contribution is -2.49. The van der Waals surface area contributed by atoms with Gasteiger partial charge in [-0.1, -0.05) is 6.92 Å². The van der Waals surface area contributed by atoms with Crippen LogP contribution in [0.25, 0.3) is 10.9 Å². The van der Waals surface area contributed by atoms with Gasteiger partial charge in [0.1, 0.15) is 5.56 Å². The highest BCUT2D eigenvalue weighted by Gasteiger charge is 2.28. The number of aryl methyl sites for hydroxylation is 1. The molecular weight excluding hydrogens is 432 g/mol. The number of sulfonamides is 1. The van der Waals surface area contributed by atoms with Gasteiger partial charge in [-0.15, -0.1) is 0 Å². The van der Waals surface area contributed by atoms with Crippen molar-refractivity contribution in [3.8, 4) is 0 Å². The number of carbonyl (C=O) groups excluding carboxylic acids is 1. The number of likely N-dealkylation sites (N-methyl/N-ethyl adjacent to an activating group) is 1. The number of morpholine rings is 1. The number of aromatic nitrogens is 1. The van der Waals surface area contributed by atoms with Gasteiger partial charge in [0.15, 0.2) is 0 Å². The molecule has 0 radical (unpaired) electrons. The summed E-state index contributed by atoms with van der Waals surface area (Å²) in [4.78, 5) is 30.6. The minimum atomic E-state index is -3.75. The van der Waals surface area contributed by atoms with E-state index in [2.05, 4.69) is 11.8 Å². The number of benzene rings is 1. The van der Waals surface area contributed by atoms with Crippen LogP contribution in [-0.4, -0.2) is 92.0 Å². The summed E-state index contributed by atoms with van der Waals surface area (Å²) in [5.41, 5.74) is 0.280. The first-order valence-electron chi connectivity index (χ1n) is 11.1. The van der Waals surface area contributed by atoms with E-state index in [-0.39, 0.29) is 34.8 Å². The monoisotopic (exact) mass is 462 g/mol. The molecule has 0 saturated carbocycles. The third-order valence-corrected chi connectivity index (χ3v) is 8.23. The van der Waals surface area contributed by atoms with Crippen molar-refractivity contribution in [3.63, 3.8) is 0 Å². The zero-order valence-electron chi connectivity index (χ0n) is 18.6. The Bertz CT molecular complexity index is 1160. The van der Waals surface area contributed by atoms with Crippen molar-refractivity contribution in [1.82, 2.24) is 18.7 Å². The Hall–Kier alpha value is -2.27. The number of carbonyl (C=O) groups is 1. The summed E-state index contributed by atoms with van der Waals surface area (Å²) in [7, 11) is -3.75. The zero-order valence-corrected chi connectivity index (χ0v) is 19.4. The van der Waals surface area contributed by atoms with Crippen LogP contribution in [-0.2, 0) is 21.3 Å². The molecule has 0 unspecified atom stereocenters. The summed E-state index contributed by atoms with van der Waals surface area (Å²) in [6, 6.07) is 4.60. The summed E-state index contributed by atoms with van der Waals surface area (Å²) >= 11 is 0. The predicted molar refractivity (Wildman–Crippen MR) is 121 cm³/mol. The maximum atomic E-state index is 13.4. The molecule has 9 nitrogen and oxygen atoms in total. The SMILES string of the molecule is CCN1CCN(C(=O)c2cn(CC)c3ccc(S(=O)(=O)N4CCOCC4)cc3c2=O)CC1. The van der Waals surface area contributed by atoms with E-state index < -0.39 is 15.5 Å². The third-order valence-electron chi connectivity index (χ3n) is 6.34. The molecule has 2 saturated heterocycles. The Labute approximate surface area is 188 Å². The van der Waals surface area contributed by atoms with Gasteiger partial charge in [0.2, 0.25) is 15.5 Å². The van der Waals surface area contributed by atoms with Crippen molar-refractivity contribution in [2.75, 3.05) is 59.0 Å². The number of amides is 1. The summed E-state index contributed by atoms with van der Waals surface area (Å²) in [5, 5.41) is 0.249. The summed E-state index contributed by atoms with van der Waals surface area (Å²) in [6.07, 6.45) is 1.61. The lowest BCUT2D eigenvalue weighted by molar-refractivity contribution is 0.0641. The van der Waals surface area contributed by atoms with E-state index in [9.17, 15) is 18.0 Å². The minimum Gasteiger partial charge on any atom is -0.379 e. The van der Waals surface area contributed by atoms with Crippen LogP contribution in [0, 0.1) is 0 Å². The van der Waals surface area contributed by atoms with Crippen molar-refractivity contribution in [2.24, 2.45) is 0 Å². The number of nitrogens with zero attached hydrogens (tertiary/aromatic N) is 4. The van der Waals surface area contributed by atoms with Crippen molar-refractivity contribution < 1.29 is 17.9 Å². The van der Waals surface area contributed by atoms with Gasteiger partial charge < -0.3 is 19.1 Å². The molecule has 2 fully saturated rings. The van der Waals surface area contributed by atoms with Crippen LogP contribution >= 0.6 is 0 Å². The van der Waals surface area contributed by atoms with E-state index in [1.807, 2.05) is 11.5 Å². The second-order valence-electron chi connectivity index (χ2n) is 8.08. The zero-order chi connectivity index (χ0) is 22.9. The van der Waals surface area contributed by atoms with Crippen LogP contribution in [0.4, 0.5) is 0 Å². The smallest absolute Gasteiger partial charge is 0.259 e. The molecule has 2 aromatic rings. The van der Waals surface area contributed by atoms with Crippen LogP contribution < -0.4 is 5.43 Å². The largest absolute Gasteiger partial charge is 0.379 e. The number of hydrogen-bond donors (Lipinski definition) is 0. The fraction of sp³-hybridized carbons (Fsp3) is 0.545. The number of fused-ring (bicyclic) bond motifs is 1. The number of hydrogen-bond acceptors (Lipinski definition) is 6. The molecule has 2 aliphatic heterocycles. The van der Waals surface area contributed by atoms with Crippen molar-refractivity contribution in [2.45, 2.75) is 25.3 Å². The Balaban J connectivity index is 1.75. The minimum absolute atomic E-state index is 0.0628. The van der Waals surface area contributed by atoms with Crippen LogP contribution in [0.3, 0.4) is 0 Å². The molecular formula is C22H30N4O5S. The molecule has 2 aliphatic rings. The fourth-order valence-corrected chi connectivity index (χ4v) is 5.76. The molecule has 4 rings (SSSR count). The highest BCUT2D eigenvalue weighted by Crippen LogP contribution is 2.22. The molecule has 3 heterocycles. The number of pyridine rings is 1. The normalized spacial score (nSPS) is 18.9. The van der Waals surface area contributed by atoms with Gasteiger partial charge in [0, 0.05) is 57.4 Å². The Kier molecular flexibility index (Phi) is 6.66. The van der Waals surface area contributed by atoms with E-state index in [0.717, 1.165) is 19.6 Å². The quantitative estimate of drug-likeness (QED) is 0.653. The second-order valence-corrected chi connectivity index (χ2v) is 10.0. The maximum Gasteiger partial charge on any atom is 0.259 e. The molecule has 10 heteroatoms. The van der Waals surface area contributed by atoms with Crippen LogP contribution in [0.5, 0.6) is 0 Å². The molecule has 0 aliphatic carbocycles. The van der Waals surface area contributed by atoms with Crippen LogP contribution in [0.2, 0.25) is 0 Å². The summed E-state index contributed by atoms with van der Waals surface area (Å²) in [6.45, 7) is 9.45. The average molecular weight is 463 g/mol. The molecule has 1 aromatic heterocycles. The first-order chi connectivity index (χ1) is 15.4. The molecule has 0 N–H and O–H groups in total. The third kappa shape index (κ3) is 4.19. The summed E-state index contributed by atoms with van der Waals surface area (Å²) < 4.78 is 34.7. The molecule has 0 spiro atoms.